The summed E-state index contributed by atoms with van der Waals surface area (Å²) in [7, 11) is 0. The van der Waals surface area contributed by atoms with Crippen LogP contribution in [0.15, 0.2) is 41.5 Å². The highest BCUT2D eigenvalue weighted by Gasteiger charge is 2.27. The lowest BCUT2D eigenvalue weighted by molar-refractivity contribution is -0.141. The van der Waals surface area contributed by atoms with Crippen LogP contribution in [0.25, 0.3) is 0 Å². The van der Waals surface area contributed by atoms with Crippen LogP contribution in [0.4, 0.5) is 14.5 Å². The van der Waals surface area contributed by atoms with Gasteiger partial charge in [0.1, 0.15) is 6.61 Å². The molecule has 3 rings (SSSR count). The van der Waals surface area contributed by atoms with Gasteiger partial charge in [0.05, 0.1) is 17.6 Å². The molecule has 7 heteroatoms. The minimum atomic E-state index is -1.01. The molecule has 0 radical (unpaired) electrons. The molecule has 2 atom stereocenters. The number of rotatable bonds is 7. The molecule has 0 saturated carbocycles. The van der Waals surface area contributed by atoms with Crippen molar-refractivity contribution in [1.82, 2.24) is 0 Å². The molecule has 2 aromatic rings. The molecule has 0 aromatic heterocycles. The van der Waals surface area contributed by atoms with Crippen molar-refractivity contribution in [3.63, 3.8) is 0 Å². The van der Waals surface area contributed by atoms with E-state index in [1.807, 2.05) is 43.1 Å². The molecule has 5 nitrogen and oxygen atoms in total. The van der Waals surface area contributed by atoms with Gasteiger partial charge in [-0.1, -0.05) is 24.6 Å². The number of aryl methyl sites for hydroxylation is 1. The van der Waals surface area contributed by atoms with Crippen LogP contribution in [-0.2, 0) is 11.2 Å². The van der Waals surface area contributed by atoms with E-state index in [0.717, 1.165) is 29.1 Å². The molecule has 0 aliphatic carbocycles. The van der Waals surface area contributed by atoms with Crippen molar-refractivity contribution >= 4 is 17.4 Å². The lowest BCUT2D eigenvalue weighted by Gasteiger charge is -2.24. The summed E-state index contributed by atoms with van der Waals surface area (Å²) in [5.74, 6) is -3.88. The fourth-order valence-corrected chi connectivity index (χ4v) is 3.32. The van der Waals surface area contributed by atoms with Crippen molar-refractivity contribution in [3.05, 3.63) is 59.2 Å². The predicted molar refractivity (Wildman–Crippen MR) is 108 cm³/mol. The first-order valence-corrected chi connectivity index (χ1v) is 9.48. The maximum absolute atomic E-state index is 14.4. The molecule has 29 heavy (non-hydrogen) atoms. The molecule has 0 spiro atoms. The number of hydrogen-bond donors (Lipinski definition) is 1. The summed E-state index contributed by atoms with van der Waals surface area (Å²) in [6.45, 7) is 5.45. The first-order chi connectivity index (χ1) is 13.7. The number of carboxylic acid groups (broad SMARTS) is 1. The smallest absolute Gasteiger partial charge is 0.306 e. The van der Waals surface area contributed by atoms with Gasteiger partial charge in [0.2, 0.25) is 0 Å². The second-order valence-corrected chi connectivity index (χ2v) is 7.52. The quantitative estimate of drug-likeness (QED) is 0.737. The summed E-state index contributed by atoms with van der Waals surface area (Å²) in [6.07, 6.45) is 0.672. The molecule has 1 N–H and O–H groups in total. The Balaban J connectivity index is 1.71. The van der Waals surface area contributed by atoms with Crippen LogP contribution in [0.3, 0.4) is 0 Å². The van der Waals surface area contributed by atoms with Crippen molar-refractivity contribution in [1.29, 1.82) is 0 Å². The Morgan fingerprint density at radius 3 is 2.45 bits per heavy atom. The number of benzene rings is 2. The third kappa shape index (κ3) is 4.91. The number of carboxylic acids is 1. The Bertz CT molecular complexity index is 905. The van der Waals surface area contributed by atoms with E-state index >= 15 is 0 Å². The Kier molecular flexibility index (Phi) is 6.15. The molecule has 0 bridgehead atoms. The van der Waals surface area contributed by atoms with Crippen LogP contribution in [-0.4, -0.2) is 29.4 Å². The molecule has 0 fully saturated rings. The molecule has 0 saturated heterocycles. The van der Waals surface area contributed by atoms with Crippen molar-refractivity contribution in [2.45, 2.75) is 39.7 Å². The van der Waals surface area contributed by atoms with Gasteiger partial charge in [-0.2, -0.15) is 5.10 Å². The molecule has 154 valence electrons. The number of aliphatic carboxylic acids is 1. The lowest BCUT2D eigenvalue weighted by atomic mass is 10.0. The van der Waals surface area contributed by atoms with Crippen molar-refractivity contribution in [2.24, 2.45) is 11.0 Å². The van der Waals surface area contributed by atoms with Crippen LogP contribution >= 0.6 is 0 Å². The van der Waals surface area contributed by atoms with Crippen LogP contribution in [0.2, 0.25) is 0 Å². The fraction of sp³-hybridized carbons (Fsp3) is 0.364. The average Bonchev–Trinajstić information content (AvgIpc) is 3.02. The molecule has 2 unspecified atom stereocenters. The van der Waals surface area contributed by atoms with Gasteiger partial charge in [0, 0.05) is 12.1 Å². The van der Waals surface area contributed by atoms with Crippen LogP contribution in [0.5, 0.6) is 5.75 Å². The Morgan fingerprint density at radius 2 is 1.86 bits per heavy atom. The van der Waals surface area contributed by atoms with E-state index in [1.165, 1.54) is 6.92 Å². The van der Waals surface area contributed by atoms with E-state index in [4.69, 9.17) is 9.84 Å². The largest absolute Gasteiger partial charge is 0.485 e. The Morgan fingerprint density at radius 1 is 1.24 bits per heavy atom. The summed E-state index contributed by atoms with van der Waals surface area (Å²) >= 11 is 0. The van der Waals surface area contributed by atoms with Gasteiger partial charge >= 0.3 is 5.97 Å². The van der Waals surface area contributed by atoms with E-state index < -0.39 is 29.3 Å². The highest BCUT2D eigenvalue weighted by Crippen LogP contribution is 2.28. The summed E-state index contributed by atoms with van der Waals surface area (Å²) in [4.78, 5) is 11.0. The van der Waals surface area contributed by atoms with Crippen LogP contribution in [0, 0.1) is 24.5 Å². The average molecular weight is 402 g/mol. The zero-order chi connectivity index (χ0) is 21.1. The minimum absolute atomic E-state index is 0.0420. The van der Waals surface area contributed by atoms with Crippen LogP contribution < -0.4 is 9.75 Å². The highest BCUT2D eigenvalue weighted by molar-refractivity contribution is 5.86. The Labute approximate surface area is 168 Å². The van der Waals surface area contributed by atoms with Gasteiger partial charge in [-0.3, -0.25) is 9.80 Å². The van der Waals surface area contributed by atoms with Crippen LogP contribution in [0.1, 0.15) is 31.4 Å². The van der Waals surface area contributed by atoms with E-state index in [0.29, 0.717) is 6.42 Å². The number of hydrazone groups is 1. The highest BCUT2D eigenvalue weighted by atomic mass is 19.1. The molecule has 0 amide bonds. The first-order valence-electron chi connectivity index (χ1n) is 9.48. The third-order valence-electron chi connectivity index (χ3n) is 4.90. The summed E-state index contributed by atoms with van der Waals surface area (Å²) in [5.41, 5.74) is 3.21. The predicted octanol–water partition coefficient (Wildman–Crippen LogP) is 4.57. The van der Waals surface area contributed by atoms with Gasteiger partial charge in [-0.15, -0.1) is 0 Å². The second-order valence-electron chi connectivity index (χ2n) is 7.52. The summed E-state index contributed by atoms with van der Waals surface area (Å²) < 4.78 is 34.3. The minimum Gasteiger partial charge on any atom is -0.485 e. The molecule has 1 aliphatic rings. The van der Waals surface area contributed by atoms with Crippen molar-refractivity contribution in [3.8, 4) is 5.75 Å². The van der Waals surface area contributed by atoms with Gasteiger partial charge in [-0.25, -0.2) is 8.78 Å². The summed E-state index contributed by atoms with van der Waals surface area (Å²) in [5, 5.41) is 15.3. The number of halogens is 2. The maximum Gasteiger partial charge on any atom is 0.306 e. The number of hydrogen-bond acceptors (Lipinski definition) is 4. The SMILES string of the molecule is CC1=NN(c2ccc(C)cc2)C(COc2c(F)cc(CC(C)C(=O)O)cc2F)C1. The fourth-order valence-electron chi connectivity index (χ4n) is 3.32. The molecular formula is C22H24F2N2O3. The molecule has 1 heterocycles. The monoisotopic (exact) mass is 402 g/mol. The van der Waals surface area contributed by atoms with E-state index in [-0.39, 0.29) is 24.6 Å². The molecule has 1 aliphatic heterocycles. The molecule has 2 aromatic carbocycles. The van der Waals surface area contributed by atoms with Crippen molar-refractivity contribution < 1.29 is 23.4 Å². The first kappa shape index (κ1) is 20.8. The number of ether oxygens (including phenoxy) is 1. The zero-order valence-corrected chi connectivity index (χ0v) is 16.7. The van der Waals surface area contributed by atoms with Crippen molar-refractivity contribution in [2.75, 3.05) is 11.6 Å². The standard InChI is InChI=1S/C22H24F2N2O3/c1-13-4-6-17(7-5-13)26-18(9-15(3)25-26)12-29-21-19(23)10-16(11-20(21)24)8-14(2)22(27)28/h4-7,10-11,14,18H,8-9,12H2,1-3H3,(H,27,28). The maximum atomic E-state index is 14.4. The second kappa shape index (κ2) is 8.59. The lowest BCUT2D eigenvalue weighted by Crippen LogP contribution is -2.32. The number of carbonyl (C=O) groups is 1. The number of anilines is 1. The summed E-state index contributed by atoms with van der Waals surface area (Å²) in [6, 6.07) is 9.94. The third-order valence-corrected chi connectivity index (χ3v) is 4.90. The van der Waals surface area contributed by atoms with Gasteiger partial charge in [-0.05, 0) is 50.1 Å². The van der Waals surface area contributed by atoms with Gasteiger partial charge in [0.15, 0.2) is 17.4 Å². The normalized spacial score (nSPS) is 17.2. The van der Waals surface area contributed by atoms with E-state index in [9.17, 15) is 13.6 Å². The van der Waals surface area contributed by atoms with Gasteiger partial charge in [0.25, 0.3) is 0 Å². The van der Waals surface area contributed by atoms with Gasteiger partial charge < -0.3 is 9.84 Å². The van der Waals surface area contributed by atoms with E-state index in [2.05, 4.69) is 5.10 Å². The topological polar surface area (TPSA) is 62.1 Å². The van der Waals surface area contributed by atoms with E-state index in [1.54, 1.807) is 0 Å². The number of nitrogens with zero attached hydrogens (tertiary/aromatic N) is 2. The Hall–Kier alpha value is -2.96. The molecular weight excluding hydrogens is 378 g/mol. The zero-order valence-electron chi connectivity index (χ0n) is 16.7.